The highest BCUT2D eigenvalue weighted by atomic mass is 32.1. The van der Waals surface area contributed by atoms with E-state index < -0.39 is 4.92 Å². The zero-order valence-electron chi connectivity index (χ0n) is 5.68. The number of hydrogen-bond acceptors (Lipinski definition) is 6. The molecule has 0 atom stereocenters. The number of thiazole rings is 1. The summed E-state index contributed by atoms with van der Waals surface area (Å²) in [5, 5.41) is 10.9. The topological polar surface area (TPSA) is 82.0 Å². The summed E-state index contributed by atoms with van der Waals surface area (Å²) in [5.41, 5.74) is 5.41. The lowest BCUT2D eigenvalue weighted by molar-refractivity contribution is -0.380. The molecule has 0 fully saturated rings. The van der Waals surface area contributed by atoms with Crippen LogP contribution in [0.2, 0.25) is 0 Å². The first-order valence-electron chi connectivity index (χ1n) is 2.97. The van der Waals surface area contributed by atoms with Crippen LogP contribution in [-0.4, -0.2) is 9.91 Å². The van der Waals surface area contributed by atoms with Gasteiger partial charge in [-0.15, -0.1) is 0 Å². The van der Waals surface area contributed by atoms with Crippen molar-refractivity contribution in [1.29, 1.82) is 0 Å². The number of rotatable bonds is 1. The normalized spacial score (nSPS) is 10.7. The monoisotopic (exact) mass is 201 g/mol. The summed E-state index contributed by atoms with van der Waals surface area (Å²) >= 11 is 2.31. The fourth-order valence-corrected chi connectivity index (χ4v) is 2.63. The van der Waals surface area contributed by atoms with Crippen molar-refractivity contribution in [2.45, 2.75) is 0 Å². The van der Waals surface area contributed by atoms with Crippen molar-refractivity contribution >= 4 is 42.3 Å². The Morgan fingerprint density at radius 2 is 2.33 bits per heavy atom. The second kappa shape index (κ2) is 2.39. The van der Waals surface area contributed by atoms with Crippen molar-refractivity contribution in [2.75, 3.05) is 5.73 Å². The van der Waals surface area contributed by atoms with E-state index in [0.717, 1.165) is 16.0 Å². The zero-order chi connectivity index (χ0) is 8.72. The Balaban J connectivity index is 2.64. The standard InChI is InChI=1S/C5H3N3O2S2/c6-5-7-4-2(11-5)1-3(12-4)8(9)10/h1H,(H2,6,7). The van der Waals surface area contributed by atoms with Gasteiger partial charge in [0.25, 0.3) is 0 Å². The van der Waals surface area contributed by atoms with Crippen molar-refractivity contribution in [2.24, 2.45) is 0 Å². The van der Waals surface area contributed by atoms with Crippen LogP contribution in [0.5, 0.6) is 0 Å². The molecule has 0 aliphatic rings. The van der Waals surface area contributed by atoms with Crippen LogP contribution in [-0.2, 0) is 0 Å². The highest BCUT2D eigenvalue weighted by molar-refractivity contribution is 7.30. The van der Waals surface area contributed by atoms with Gasteiger partial charge in [0.15, 0.2) is 5.13 Å². The highest BCUT2D eigenvalue weighted by Gasteiger charge is 2.13. The number of nitro groups is 1. The molecule has 0 radical (unpaired) electrons. The van der Waals surface area contributed by atoms with Crippen LogP contribution in [0.4, 0.5) is 10.1 Å². The molecule has 0 saturated heterocycles. The number of hydrogen-bond donors (Lipinski definition) is 1. The van der Waals surface area contributed by atoms with E-state index >= 15 is 0 Å². The molecule has 62 valence electrons. The fourth-order valence-electron chi connectivity index (χ4n) is 0.829. The van der Waals surface area contributed by atoms with Crippen molar-refractivity contribution < 1.29 is 4.92 Å². The average Bonchev–Trinajstić information content (AvgIpc) is 2.42. The van der Waals surface area contributed by atoms with Gasteiger partial charge in [-0.05, 0) is 11.3 Å². The predicted molar refractivity (Wildman–Crippen MR) is 48.6 cm³/mol. The van der Waals surface area contributed by atoms with Crippen LogP contribution >= 0.6 is 22.7 Å². The molecule has 2 aromatic rings. The molecule has 0 bridgehead atoms. The minimum atomic E-state index is -0.421. The maximum Gasteiger partial charge on any atom is 0.327 e. The van der Waals surface area contributed by atoms with E-state index in [1.165, 1.54) is 17.4 Å². The molecule has 5 nitrogen and oxygen atoms in total. The van der Waals surface area contributed by atoms with Crippen molar-refractivity contribution in [3.8, 4) is 0 Å². The van der Waals surface area contributed by atoms with Crippen LogP contribution in [0, 0.1) is 10.1 Å². The van der Waals surface area contributed by atoms with Gasteiger partial charge in [-0.25, -0.2) is 4.98 Å². The number of aromatic nitrogens is 1. The lowest BCUT2D eigenvalue weighted by Crippen LogP contribution is -1.81. The second-order valence-corrected chi connectivity index (χ2v) is 4.13. The third-order valence-electron chi connectivity index (χ3n) is 1.27. The Bertz CT molecular complexity index is 415. The molecule has 2 rings (SSSR count). The molecule has 0 aliphatic heterocycles. The number of fused-ring (bicyclic) bond motifs is 1. The molecule has 12 heavy (non-hydrogen) atoms. The minimum absolute atomic E-state index is 0.115. The van der Waals surface area contributed by atoms with Gasteiger partial charge in [-0.1, -0.05) is 11.3 Å². The summed E-state index contributed by atoms with van der Waals surface area (Å²) in [7, 11) is 0. The smallest absolute Gasteiger partial charge is 0.327 e. The van der Waals surface area contributed by atoms with Gasteiger partial charge in [0.05, 0.1) is 9.62 Å². The maximum absolute atomic E-state index is 10.3. The van der Waals surface area contributed by atoms with Gasteiger partial charge in [-0.3, -0.25) is 10.1 Å². The van der Waals surface area contributed by atoms with Crippen LogP contribution in [0.25, 0.3) is 9.53 Å². The average molecular weight is 201 g/mol. The van der Waals surface area contributed by atoms with Crippen LogP contribution in [0.3, 0.4) is 0 Å². The summed E-state index contributed by atoms with van der Waals surface area (Å²) in [4.78, 5) is 14.5. The third kappa shape index (κ3) is 1.03. The van der Waals surface area contributed by atoms with E-state index in [1.807, 2.05) is 0 Å². The Kier molecular flexibility index (Phi) is 1.48. The van der Waals surface area contributed by atoms with Gasteiger partial charge in [-0.2, -0.15) is 0 Å². The molecule has 0 aromatic carbocycles. The van der Waals surface area contributed by atoms with Crippen LogP contribution < -0.4 is 5.73 Å². The molecule has 2 heterocycles. The molecule has 2 aromatic heterocycles. The quantitative estimate of drug-likeness (QED) is 0.563. The summed E-state index contributed by atoms with van der Waals surface area (Å²) in [6.07, 6.45) is 0. The Hall–Kier alpha value is -1.21. The number of nitrogens with two attached hydrogens (primary N) is 1. The fraction of sp³-hybridized carbons (Fsp3) is 0. The summed E-state index contributed by atoms with van der Waals surface area (Å²) in [6.45, 7) is 0. The molecule has 0 unspecified atom stereocenters. The predicted octanol–water partition coefficient (Wildman–Crippen LogP) is 1.85. The zero-order valence-corrected chi connectivity index (χ0v) is 7.32. The van der Waals surface area contributed by atoms with Crippen molar-refractivity contribution in [3.63, 3.8) is 0 Å². The molecule has 0 spiro atoms. The third-order valence-corrected chi connectivity index (χ3v) is 3.21. The van der Waals surface area contributed by atoms with Gasteiger partial charge < -0.3 is 5.73 Å². The first-order chi connectivity index (χ1) is 5.66. The molecule has 0 aliphatic carbocycles. The van der Waals surface area contributed by atoms with Crippen LogP contribution in [0.15, 0.2) is 6.07 Å². The van der Waals surface area contributed by atoms with E-state index in [2.05, 4.69) is 4.98 Å². The molecule has 2 N–H and O–H groups in total. The Morgan fingerprint density at radius 3 is 2.92 bits per heavy atom. The van der Waals surface area contributed by atoms with E-state index in [4.69, 9.17) is 5.73 Å². The lowest BCUT2D eigenvalue weighted by Gasteiger charge is -1.79. The Morgan fingerprint density at radius 1 is 1.58 bits per heavy atom. The maximum atomic E-state index is 10.3. The number of anilines is 1. The summed E-state index contributed by atoms with van der Waals surface area (Å²) < 4.78 is 0.782. The van der Waals surface area contributed by atoms with E-state index in [9.17, 15) is 10.1 Å². The number of nitrogen functional groups attached to an aromatic ring is 1. The van der Waals surface area contributed by atoms with Gasteiger partial charge in [0.2, 0.25) is 0 Å². The largest absolute Gasteiger partial charge is 0.375 e. The van der Waals surface area contributed by atoms with E-state index in [1.54, 1.807) is 0 Å². The summed E-state index contributed by atoms with van der Waals surface area (Å²) in [5.74, 6) is 0. The number of nitrogens with zero attached hydrogens (tertiary/aromatic N) is 2. The first-order valence-corrected chi connectivity index (χ1v) is 4.60. The molecular formula is C5H3N3O2S2. The highest BCUT2D eigenvalue weighted by Crippen LogP contribution is 2.35. The molecule has 0 amide bonds. The molecular weight excluding hydrogens is 198 g/mol. The van der Waals surface area contributed by atoms with Gasteiger partial charge in [0, 0.05) is 6.07 Å². The van der Waals surface area contributed by atoms with Crippen LogP contribution in [0.1, 0.15) is 0 Å². The molecule has 0 saturated carbocycles. The van der Waals surface area contributed by atoms with Crippen molar-refractivity contribution in [1.82, 2.24) is 4.98 Å². The van der Waals surface area contributed by atoms with Crippen molar-refractivity contribution in [3.05, 3.63) is 16.2 Å². The second-order valence-electron chi connectivity index (χ2n) is 2.06. The molecule has 7 heteroatoms. The van der Waals surface area contributed by atoms with Gasteiger partial charge >= 0.3 is 5.00 Å². The minimum Gasteiger partial charge on any atom is -0.375 e. The summed E-state index contributed by atoms with van der Waals surface area (Å²) in [6, 6.07) is 1.49. The first kappa shape index (κ1) is 7.44. The lowest BCUT2D eigenvalue weighted by atomic mass is 10.6. The van der Waals surface area contributed by atoms with Gasteiger partial charge in [0.1, 0.15) is 4.83 Å². The SMILES string of the molecule is Nc1nc2sc([N+](=O)[O-])cc2s1. The van der Waals surface area contributed by atoms with E-state index in [0.29, 0.717) is 9.96 Å². The number of thiophene rings is 1. The van der Waals surface area contributed by atoms with E-state index in [-0.39, 0.29) is 5.00 Å². The Labute approximate surface area is 74.6 Å².